The maximum absolute atomic E-state index is 4.53. The third-order valence-corrected chi connectivity index (χ3v) is 3.37. The van der Waals surface area contributed by atoms with E-state index in [9.17, 15) is 0 Å². The number of rotatable bonds is 3. The van der Waals surface area contributed by atoms with Gasteiger partial charge in [-0.25, -0.2) is 4.98 Å². The fraction of sp³-hybridized carbons (Fsp3) is 0.267. The van der Waals surface area contributed by atoms with E-state index in [2.05, 4.69) is 76.9 Å². The molecule has 1 aromatic heterocycles. The van der Waals surface area contributed by atoms with Gasteiger partial charge < -0.3 is 4.90 Å². The van der Waals surface area contributed by atoms with Crippen molar-refractivity contribution in [1.29, 1.82) is 0 Å². The summed E-state index contributed by atoms with van der Waals surface area (Å²) >= 11 is 3.45. The highest BCUT2D eigenvalue weighted by Gasteiger charge is 2.11. The van der Waals surface area contributed by atoms with Crippen molar-refractivity contribution in [2.24, 2.45) is 0 Å². The van der Waals surface area contributed by atoms with Gasteiger partial charge in [0.2, 0.25) is 0 Å². The first-order valence-electron chi connectivity index (χ1n) is 6.08. The highest BCUT2D eigenvalue weighted by Crippen LogP contribution is 2.27. The average Bonchev–Trinajstić information content (AvgIpc) is 2.35. The summed E-state index contributed by atoms with van der Waals surface area (Å²) < 4.78 is 1.02. The van der Waals surface area contributed by atoms with Gasteiger partial charge in [-0.15, -0.1) is 0 Å². The predicted molar refractivity (Wildman–Crippen MR) is 80.5 cm³/mol. The normalized spacial score (nSPS) is 10.4. The lowest BCUT2D eigenvalue weighted by Crippen LogP contribution is -2.18. The summed E-state index contributed by atoms with van der Waals surface area (Å²) in [5.74, 6) is 1.02. The standard InChI is InChI=1S/C15H17BrN2/c1-4-18(14-7-5-11(2)6-8-14)15-12(3)9-13(16)10-17-15/h5-10H,4H2,1-3H3. The number of nitrogens with zero attached hydrogens (tertiary/aromatic N) is 2. The first-order valence-corrected chi connectivity index (χ1v) is 6.87. The lowest BCUT2D eigenvalue weighted by atomic mass is 10.2. The fourth-order valence-electron chi connectivity index (χ4n) is 2.00. The van der Waals surface area contributed by atoms with Gasteiger partial charge >= 0.3 is 0 Å². The number of hydrogen-bond acceptors (Lipinski definition) is 2. The molecule has 0 aliphatic heterocycles. The van der Waals surface area contributed by atoms with E-state index in [-0.39, 0.29) is 0 Å². The lowest BCUT2D eigenvalue weighted by molar-refractivity contribution is 0.977. The first-order chi connectivity index (χ1) is 8.61. The van der Waals surface area contributed by atoms with Gasteiger partial charge in [-0.3, -0.25) is 0 Å². The third-order valence-electron chi connectivity index (χ3n) is 2.93. The molecule has 18 heavy (non-hydrogen) atoms. The molecule has 0 spiro atoms. The molecule has 3 heteroatoms. The molecule has 0 amide bonds. The number of halogens is 1. The Morgan fingerprint density at radius 1 is 1.17 bits per heavy atom. The van der Waals surface area contributed by atoms with Crippen molar-refractivity contribution in [2.75, 3.05) is 11.4 Å². The summed E-state index contributed by atoms with van der Waals surface area (Å²) in [7, 11) is 0. The maximum atomic E-state index is 4.53. The van der Waals surface area contributed by atoms with Gasteiger partial charge in [-0.05, 0) is 60.5 Å². The molecule has 0 radical (unpaired) electrons. The minimum absolute atomic E-state index is 0.901. The Bertz CT molecular complexity index is 535. The van der Waals surface area contributed by atoms with Crippen LogP contribution in [-0.2, 0) is 0 Å². The van der Waals surface area contributed by atoms with Crippen molar-refractivity contribution in [3.8, 4) is 0 Å². The Hall–Kier alpha value is -1.35. The summed E-state index contributed by atoms with van der Waals surface area (Å²) in [5, 5.41) is 0. The zero-order valence-corrected chi connectivity index (χ0v) is 12.5. The van der Waals surface area contributed by atoms with E-state index in [0.29, 0.717) is 0 Å². The zero-order valence-electron chi connectivity index (χ0n) is 10.9. The summed E-state index contributed by atoms with van der Waals surface area (Å²) in [6.07, 6.45) is 1.85. The quantitative estimate of drug-likeness (QED) is 0.822. The van der Waals surface area contributed by atoms with Crippen LogP contribution >= 0.6 is 15.9 Å². The second-order valence-corrected chi connectivity index (χ2v) is 5.29. The number of benzene rings is 1. The van der Waals surface area contributed by atoms with Crippen LogP contribution in [0.2, 0.25) is 0 Å². The van der Waals surface area contributed by atoms with E-state index in [4.69, 9.17) is 0 Å². The Morgan fingerprint density at radius 2 is 1.83 bits per heavy atom. The van der Waals surface area contributed by atoms with Crippen LogP contribution in [0.3, 0.4) is 0 Å². The average molecular weight is 305 g/mol. The molecule has 0 fully saturated rings. The van der Waals surface area contributed by atoms with Crippen LogP contribution in [0.15, 0.2) is 41.0 Å². The Kier molecular flexibility index (Phi) is 4.02. The molecule has 1 heterocycles. The summed E-state index contributed by atoms with van der Waals surface area (Å²) in [4.78, 5) is 6.75. The molecule has 0 atom stereocenters. The first kappa shape index (κ1) is 13.1. The fourth-order valence-corrected chi connectivity index (χ4v) is 2.44. The van der Waals surface area contributed by atoms with Crippen molar-refractivity contribution in [2.45, 2.75) is 20.8 Å². The number of pyridine rings is 1. The Morgan fingerprint density at radius 3 is 2.39 bits per heavy atom. The highest BCUT2D eigenvalue weighted by atomic mass is 79.9. The van der Waals surface area contributed by atoms with E-state index in [1.165, 1.54) is 16.8 Å². The summed E-state index contributed by atoms with van der Waals surface area (Å²) in [5.41, 5.74) is 3.63. The molecule has 2 rings (SSSR count). The minimum Gasteiger partial charge on any atom is -0.326 e. The van der Waals surface area contributed by atoms with Crippen LogP contribution in [0.5, 0.6) is 0 Å². The van der Waals surface area contributed by atoms with E-state index >= 15 is 0 Å². The molecule has 0 aliphatic rings. The number of aryl methyl sites for hydroxylation is 2. The van der Waals surface area contributed by atoms with Crippen molar-refractivity contribution >= 4 is 27.4 Å². The van der Waals surface area contributed by atoms with Gasteiger partial charge in [0.05, 0.1) is 0 Å². The van der Waals surface area contributed by atoms with Crippen molar-refractivity contribution in [1.82, 2.24) is 4.98 Å². The minimum atomic E-state index is 0.901. The van der Waals surface area contributed by atoms with E-state index in [0.717, 1.165) is 16.8 Å². The second kappa shape index (κ2) is 5.53. The number of hydrogen-bond donors (Lipinski definition) is 0. The molecule has 0 saturated carbocycles. The van der Waals surface area contributed by atoms with E-state index < -0.39 is 0 Å². The van der Waals surface area contributed by atoms with Gasteiger partial charge in [0.15, 0.2) is 0 Å². The topological polar surface area (TPSA) is 16.1 Å². The van der Waals surface area contributed by atoms with Crippen LogP contribution in [0.1, 0.15) is 18.1 Å². The van der Waals surface area contributed by atoms with E-state index in [1.807, 2.05) is 6.20 Å². The summed E-state index contributed by atoms with van der Waals surface area (Å²) in [6.45, 7) is 7.23. The largest absolute Gasteiger partial charge is 0.326 e. The van der Waals surface area contributed by atoms with Crippen LogP contribution in [0.25, 0.3) is 0 Å². The molecule has 0 unspecified atom stereocenters. The van der Waals surface area contributed by atoms with Crippen LogP contribution in [0.4, 0.5) is 11.5 Å². The maximum Gasteiger partial charge on any atom is 0.135 e. The molecule has 0 saturated heterocycles. The molecule has 0 N–H and O–H groups in total. The zero-order chi connectivity index (χ0) is 13.1. The molecular formula is C15H17BrN2. The SMILES string of the molecule is CCN(c1ccc(C)cc1)c1ncc(Br)cc1C. The smallest absolute Gasteiger partial charge is 0.135 e. The molecular weight excluding hydrogens is 288 g/mol. The Labute approximate surface area is 117 Å². The Balaban J connectivity index is 2.41. The van der Waals surface area contributed by atoms with Gasteiger partial charge in [0.1, 0.15) is 5.82 Å². The second-order valence-electron chi connectivity index (χ2n) is 4.37. The van der Waals surface area contributed by atoms with Gasteiger partial charge in [-0.2, -0.15) is 0 Å². The third kappa shape index (κ3) is 2.72. The summed E-state index contributed by atoms with van der Waals surface area (Å²) in [6, 6.07) is 10.6. The molecule has 0 bridgehead atoms. The van der Waals surface area contributed by atoms with Gasteiger partial charge in [0, 0.05) is 22.9 Å². The van der Waals surface area contributed by atoms with Crippen LogP contribution < -0.4 is 4.90 Å². The highest BCUT2D eigenvalue weighted by molar-refractivity contribution is 9.10. The van der Waals surface area contributed by atoms with Crippen molar-refractivity contribution in [3.63, 3.8) is 0 Å². The molecule has 0 aliphatic carbocycles. The van der Waals surface area contributed by atoms with Crippen molar-refractivity contribution in [3.05, 3.63) is 52.1 Å². The monoisotopic (exact) mass is 304 g/mol. The van der Waals surface area contributed by atoms with Crippen molar-refractivity contribution < 1.29 is 0 Å². The van der Waals surface area contributed by atoms with E-state index in [1.54, 1.807) is 0 Å². The molecule has 1 aromatic carbocycles. The number of anilines is 2. The van der Waals surface area contributed by atoms with Gasteiger partial charge in [-0.1, -0.05) is 17.7 Å². The molecule has 94 valence electrons. The predicted octanol–water partition coefficient (Wildman–Crippen LogP) is 4.62. The van der Waals surface area contributed by atoms with Crippen LogP contribution in [-0.4, -0.2) is 11.5 Å². The van der Waals surface area contributed by atoms with Crippen LogP contribution in [0, 0.1) is 13.8 Å². The number of aromatic nitrogens is 1. The lowest BCUT2D eigenvalue weighted by Gasteiger charge is -2.24. The van der Waals surface area contributed by atoms with Gasteiger partial charge in [0.25, 0.3) is 0 Å². The molecule has 2 nitrogen and oxygen atoms in total. The molecule has 2 aromatic rings.